The van der Waals surface area contributed by atoms with Crippen LogP contribution in [-0.2, 0) is 5.75 Å². The fourth-order valence-electron chi connectivity index (χ4n) is 4.45. The number of carbonyl (C=O) groups is 1. The minimum absolute atomic E-state index is 0.0122. The van der Waals surface area contributed by atoms with Gasteiger partial charge in [0.05, 0.1) is 5.69 Å². The molecule has 6 N–H and O–H groups in total. The van der Waals surface area contributed by atoms with Crippen molar-refractivity contribution in [3.05, 3.63) is 77.1 Å². The molecule has 1 unspecified atom stereocenters. The molecule has 1 aromatic carbocycles. The van der Waals surface area contributed by atoms with Gasteiger partial charge in [-0.1, -0.05) is 55.7 Å². The van der Waals surface area contributed by atoms with Crippen LogP contribution in [0.15, 0.2) is 65.1 Å². The highest BCUT2D eigenvalue weighted by atomic mass is 32.2. The number of nitrogens with zero attached hydrogens (tertiary/aromatic N) is 4. The molecule has 222 valence electrons. The SMILES string of the molecule is CN(CCCCCCCNC(=O)NCCSCc1csc(N=C(N)N)n1)CCC(c1ccccc1)c1ccccn1. The van der Waals surface area contributed by atoms with Gasteiger partial charge < -0.3 is 27.0 Å². The number of guanidine groups is 1. The first-order chi connectivity index (χ1) is 20.0. The number of rotatable bonds is 19. The Morgan fingerprint density at radius 2 is 1.76 bits per heavy atom. The fourth-order valence-corrected chi connectivity index (χ4v) is 6.01. The van der Waals surface area contributed by atoms with Crippen molar-refractivity contribution < 1.29 is 4.79 Å². The summed E-state index contributed by atoms with van der Waals surface area (Å²) in [5, 5.41) is 8.37. The molecule has 3 aromatic rings. The van der Waals surface area contributed by atoms with E-state index in [2.05, 4.69) is 80.0 Å². The van der Waals surface area contributed by atoms with E-state index in [-0.39, 0.29) is 12.0 Å². The van der Waals surface area contributed by atoms with Gasteiger partial charge >= 0.3 is 6.03 Å². The molecule has 0 spiro atoms. The van der Waals surface area contributed by atoms with Crippen LogP contribution in [0.5, 0.6) is 0 Å². The van der Waals surface area contributed by atoms with Gasteiger partial charge in [0, 0.05) is 47.8 Å². The van der Waals surface area contributed by atoms with E-state index in [1.165, 1.54) is 36.2 Å². The number of urea groups is 1. The highest BCUT2D eigenvalue weighted by Crippen LogP contribution is 2.26. The molecule has 2 amide bonds. The van der Waals surface area contributed by atoms with Gasteiger partial charge in [-0.05, 0) is 57.1 Å². The largest absolute Gasteiger partial charge is 0.370 e. The van der Waals surface area contributed by atoms with Gasteiger partial charge in [0.1, 0.15) is 0 Å². The van der Waals surface area contributed by atoms with E-state index < -0.39 is 0 Å². The summed E-state index contributed by atoms with van der Waals surface area (Å²) in [6, 6.07) is 16.8. The summed E-state index contributed by atoms with van der Waals surface area (Å²) >= 11 is 3.12. The molecule has 9 nitrogen and oxygen atoms in total. The van der Waals surface area contributed by atoms with Crippen molar-refractivity contribution in [2.45, 2.75) is 50.2 Å². The lowest BCUT2D eigenvalue weighted by molar-refractivity contribution is 0.241. The topological polar surface area (TPSA) is 135 Å². The Labute approximate surface area is 252 Å². The molecule has 0 saturated carbocycles. The molecule has 2 aromatic heterocycles. The normalized spacial score (nSPS) is 11.8. The Morgan fingerprint density at radius 1 is 1.00 bits per heavy atom. The lowest BCUT2D eigenvalue weighted by atomic mass is 9.92. The number of unbranched alkanes of at least 4 members (excludes halogenated alkanes) is 4. The number of hydrogen-bond donors (Lipinski definition) is 4. The number of hydrogen-bond acceptors (Lipinski definition) is 7. The Kier molecular flexibility index (Phi) is 15.0. The number of amides is 2. The molecular weight excluding hydrogens is 553 g/mol. The summed E-state index contributed by atoms with van der Waals surface area (Å²) < 4.78 is 0. The van der Waals surface area contributed by atoms with Gasteiger partial charge in [-0.25, -0.2) is 9.78 Å². The van der Waals surface area contributed by atoms with E-state index in [1.807, 2.05) is 17.6 Å². The second-order valence-corrected chi connectivity index (χ2v) is 11.9. The van der Waals surface area contributed by atoms with Crippen LogP contribution in [0.1, 0.15) is 61.4 Å². The van der Waals surface area contributed by atoms with E-state index in [1.54, 1.807) is 11.8 Å². The van der Waals surface area contributed by atoms with Crippen molar-refractivity contribution in [2.24, 2.45) is 16.5 Å². The van der Waals surface area contributed by atoms with Crippen molar-refractivity contribution in [1.29, 1.82) is 0 Å². The van der Waals surface area contributed by atoms with Gasteiger partial charge in [0.2, 0.25) is 5.13 Å². The molecule has 1 atom stereocenters. The number of nitrogens with one attached hydrogen (secondary N) is 2. The number of carbonyl (C=O) groups excluding carboxylic acids is 1. The number of thioether (sulfide) groups is 1. The average molecular weight is 597 g/mol. The zero-order valence-corrected chi connectivity index (χ0v) is 25.6. The highest BCUT2D eigenvalue weighted by Gasteiger charge is 2.16. The predicted octanol–water partition coefficient (Wildman–Crippen LogP) is 5.08. The second-order valence-electron chi connectivity index (χ2n) is 9.97. The number of nitrogens with two attached hydrogens (primary N) is 2. The summed E-state index contributed by atoms with van der Waals surface area (Å²) in [5.74, 6) is 1.90. The van der Waals surface area contributed by atoms with Crippen molar-refractivity contribution >= 4 is 40.2 Å². The number of aliphatic imine (C=N–C) groups is 1. The zero-order chi connectivity index (χ0) is 29.1. The Bertz CT molecular complexity index is 1120. The molecule has 41 heavy (non-hydrogen) atoms. The summed E-state index contributed by atoms with van der Waals surface area (Å²) in [6.07, 6.45) is 8.67. The first kappa shape index (κ1) is 32.4. The van der Waals surface area contributed by atoms with Gasteiger partial charge in [-0.3, -0.25) is 4.98 Å². The fraction of sp³-hybridized carbons (Fsp3) is 0.467. The van der Waals surface area contributed by atoms with Crippen molar-refractivity contribution in [1.82, 2.24) is 25.5 Å². The minimum atomic E-state index is -0.101. The molecule has 0 fully saturated rings. The van der Waals surface area contributed by atoms with Crippen LogP contribution < -0.4 is 22.1 Å². The molecule has 3 rings (SSSR count). The van der Waals surface area contributed by atoms with Crippen LogP contribution in [0.2, 0.25) is 0 Å². The lowest BCUT2D eigenvalue weighted by Crippen LogP contribution is -2.37. The molecule has 0 saturated heterocycles. The summed E-state index contributed by atoms with van der Waals surface area (Å²) in [5.41, 5.74) is 14.1. The zero-order valence-electron chi connectivity index (χ0n) is 24.0. The summed E-state index contributed by atoms with van der Waals surface area (Å²) in [4.78, 5) is 27.4. The quantitative estimate of drug-likeness (QED) is 0.0861. The maximum absolute atomic E-state index is 12.0. The van der Waals surface area contributed by atoms with Gasteiger partial charge in [0.15, 0.2) is 5.96 Å². The number of benzene rings is 1. The molecular formula is C30H44N8OS2. The number of pyridine rings is 1. The standard InChI is InChI=1S/C30H44N8OS2/c1-38(20-15-26(24-12-6-5-7-13-24)27-14-8-10-16-33-27)19-11-4-2-3-9-17-34-29(39)35-18-21-40-22-25-23-41-30(36-25)37-28(31)32/h5-8,10,12-14,16,23,26H,2-4,9,11,15,17-22H2,1H3,(H2,34,35,39)(H4,31,32,36,37). The van der Waals surface area contributed by atoms with Crippen LogP contribution in [0, 0.1) is 0 Å². The Morgan fingerprint density at radius 3 is 2.54 bits per heavy atom. The predicted molar refractivity (Wildman–Crippen MR) is 173 cm³/mol. The summed E-state index contributed by atoms with van der Waals surface area (Å²) in [6.45, 7) is 3.46. The Hall–Kier alpha value is -3.15. The third kappa shape index (κ3) is 13.4. The number of thiazole rings is 1. The van der Waals surface area contributed by atoms with E-state index in [4.69, 9.17) is 11.5 Å². The monoisotopic (exact) mass is 596 g/mol. The van der Waals surface area contributed by atoms with E-state index in [0.717, 1.165) is 55.2 Å². The average Bonchev–Trinajstić information content (AvgIpc) is 3.41. The lowest BCUT2D eigenvalue weighted by Gasteiger charge is -2.22. The van der Waals surface area contributed by atoms with Gasteiger partial charge in [-0.2, -0.15) is 16.8 Å². The van der Waals surface area contributed by atoms with Crippen LogP contribution in [0.3, 0.4) is 0 Å². The van der Waals surface area contributed by atoms with Crippen molar-refractivity contribution in [2.75, 3.05) is 39.0 Å². The second kappa shape index (κ2) is 19.1. The van der Waals surface area contributed by atoms with Crippen molar-refractivity contribution in [3.63, 3.8) is 0 Å². The maximum Gasteiger partial charge on any atom is 0.314 e. The van der Waals surface area contributed by atoms with E-state index in [9.17, 15) is 4.79 Å². The molecule has 0 radical (unpaired) electrons. The molecule has 11 heteroatoms. The highest BCUT2D eigenvalue weighted by molar-refractivity contribution is 7.98. The van der Waals surface area contributed by atoms with Gasteiger partial charge in [0.25, 0.3) is 0 Å². The molecule has 0 aliphatic carbocycles. The Balaban J connectivity index is 1.16. The molecule has 0 aliphatic rings. The van der Waals surface area contributed by atoms with Crippen molar-refractivity contribution in [3.8, 4) is 0 Å². The molecule has 0 bridgehead atoms. The first-order valence-electron chi connectivity index (χ1n) is 14.3. The third-order valence-corrected chi connectivity index (χ3v) is 8.37. The summed E-state index contributed by atoms with van der Waals surface area (Å²) in [7, 11) is 2.21. The van der Waals surface area contributed by atoms with Crippen LogP contribution in [-0.4, -0.2) is 65.8 Å². The van der Waals surface area contributed by atoms with Crippen LogP contribution in [0.4, 0.5) is 9.93 Å². The van der Waals surface area contributed by atoms with Crippen LogP contribution in [0.25, 0.3) is 0 Å². The van der Waals surface area contributed by atoms with Crippen LogP contribution >= 0.6 is 23.1 Å². The first-order valence-corrected chi connectivity index (χ1v) is 16.3. The minimum Gasteiger partial charge on any atom is -0.370 e. The van der Waals surface area contributed by atoms with E-state index >= 15 is 0 Å². The smallest absolute Gasteiger partial charge is 0.314 e. The number of aromatic nitrogens is 2. The molecule has 2 heterocycles. The third-order valence-electron chi connectivity index (χ3n) is 6.59. The van der Waals surface area contributed by atoms with E-state index in [0.29, 0.717) is 24.1 Å². The molecule has 0 aliphatic heterocycles. The van der Waals surface area contributed by atoms with Gasteiger partial charge in [-0.15, -0.1) is 11.3 Å². The maximum atomic E-state index is 12.0.